The van der Waals surface area contributed by atoms with Crippen LogP contribution in [0.15, 0.2) is 6.07 Å². The summed E-state index contributed by atoms with van der Waals surface area (Å²) in [5.41, 5.74) is 4.55. The minimum absolute atomic E-state index is 0.825. The van der Waals surface area contributed by atoms with E-state index in [9.17, 15) is 0 Å². The number of nitrogens with zero attached hydrogens (tertiary/aromatic N) is 1. The average molecular weight is 220 g/mol. The van der Waals surface area contributed by atoms with Gasteiger partial charge in [0, 0.05) is 17.4 Å². The first-order valence-electron chi connectivity index (χ1n) is 6.56. The van der Waals surface area contributed by atoms with E-state index in [1.807, 2.05) is 7.05 Å². The Hall–Kier alpha value is -0.760. The van der Waals surface area contributed by atoms with Gasteiger partial charge in [0.2, 0.25) is 0 Å². The van der Waals surface area contributed by atoms with Crippen molar-refractivity contribution < 1.29 is 0 Å². The molecule has 1 aromatic heterocycles. The van der Waals surface area contributed by atoms with Gasteiger partial charge in [0.15, 0.2) is 0 Å². The van der Waals surface area contributed by atoms with Crippen LogP contribution in [0.5, 0.6) is 0 Å². The summed E-state index contributed by atoms with van der Waals surface area (Å²) in [6.07, 6.45) is 6.60. The van der Waals surface area contributed by atoms with E-state index in [4.69, 9.17) is 0 Å². The van der Waals surface area contributed by atoms with Crippen molar-refractivity contribution in [3.8, 4) is 0 Å². The van der Waals surface area contributed by atoms with Crippen LogP contribution in [0.2, 0.25) is 0 Å². The standard InChI is InChI=1S/C14H24N2/c1-11-10-13(6-4-5-9-15-3)12(2)16(11)14-7-8-14/h10,14-15H,4-9H2,1-3H3. The van der Waals surface area contributed by atoms with Gasteiger partial charge in [0.05, 0.1) is 0 Å². The molecule has 0 amide bonds. The summed E-state index contributed by atoms with van der Waals surface area (Å²) >= 11 is 0. The molecule has 2 nitrogen and oxygen atoms in total. The van der Waals surface area contributed by atoms with Crippen LogP contribution < -0.4 is 5.32 Å². The molecule has 90 valence electrons. The summed E-state index contributed by atoms with van der Waals surface area (Å²) in [7, 11) is 2.03. The summed E-state index contributed by atoms with van der Waals surface area (Å²) in [6, 6.07) is 3.22. The maximum Gasteiger partial charge on any atom is 0.0337 e. The van der Waals surface area contributed by atoms with Crippen LogP contribution in [-0.4, -0.2) is 18.2 Å². The van der Waals surface area contributed by atoms with Crippen molar-refractivity contribution in [2.75, 3.05) is 13.6 Å². The number of aryl methyl sites for hydroxylation is 2. The molecule has 1 N–H and O–H groups in total. The molecular formula is C14H24N2. The molecule has 0 bridgehead atoms. The first-order valence-corrected chi connectivity index (χ1v) is 6.56. The van der Waals surface area contributed by atoms with Crippen LogP contribution in [0.1, 0.15) is 48.7 Å². The molecule has 0 saturated heterocycles. The second kappa shape index (κ2) is 5.05. The molecule has 0 radical (unpaired) electrons. The summed E-state index contributed by atoms with van der Waals surface area (Å²) in [5, 5.41) is 3.21. The number of nitrogens with one attached hydrogen (secondary N) is 1. The summed E-state index contributed by atoms with van der Waals surface area (Å²) < 4.78 is 2.55. The van der Waals surface area contributed by atoms with Gasteiger partial charge in [-0.3, -0.25) is 0 Å². The normalized spacial score (nSPS) is 15.7. The third-order valence-electron chi connectivity index (χ3n) is 3.62. The van der Waals surface area contributed by atoms with Crippen molar-refractivity contribution >= 4 is 0 Å². The minimum Gasteiger partial charge on any atom is -0.346 e. The first-order chi connectivity index (χ1) is 7.74. The predicted octanol–water partition coefficient (Wildman–Crippen LogP) is 2.98. The lowest BCUT2D eigenvalue weighted by Crippen LogP contribution is -2.07. The Morgan fingerprint density at radius 3 is 2.69 bits per heavy atom. The van der Waals surface area contributed by atoms with Crippen LogP contribution in [-0.2, 0) is 6.42 Å². The Bertz CT molecular complexity index is 348. The van der Waals surface area contributed by atoms with Crippen LogP contribution in [0.25, 0.3) is 0 Å². The predicted molar refractivity (Wildman–Crippen MR) is 69.0 cm³/mol. The second-order valence-corrected chi connectivity index (χ2v) is 5.06. The van der Waals surface area contributed by atoms with Crippen LogP contribution >= 0.6 is 0 Å². The van der Waals surface area contributed by atoms with E-state index < -0.39 is 0 Å². The van der Waals surface area contributed by atoms with E-state index in [1.165, 1.54) is 43.5 Å². The maximum atomic E-state index is 3.21. The van der Waals surface area contributed by atoms with Gasteiger partial charge < -0.3 is 9.88 Å². The van der Waals surface area contributed by atoms with Crippen molar-refractivity contribution in [3.63, 3.8) is 0 Å². The van der Waals surface area contributed by atoms with Crippen LogP contribution in [0.3, 0.4) is 0 Å². The fourth-order valence-corrected chi connectivity index (χ4v) is 2.61. The molecule has 2 rings (SSSR count). The molecule has 1 aliphatic carbocycles. The zero-order valence-corrected chi connectivity index (χ0v) is 10.8. The molecule has 1 fully saturated rings. The Balaban J connectivity index is 1.96. The Labute approximate surface area is 99.0 Å². The summed E-state index contributed by atoms with van der Waals surface area (Å²) in [6.45, 7) is 5.68. The number of hydrogen-bond acceptors (Lipinski definition) is 1. The lowest BCUT2D eigenvalue weighted by atomic mass is 10.1. The van der Waals surface area contributed by atoms with E-state index in [0.717, 1.165) is 12.6 Å². The highest BCUT2D eigenvalue weighted by Gasteiger charge is 2.26. The fraction of sp³-hybridized carbons (Fsp3) is 0.714. The highest BCUT2D eigenvalue weighted by molar-refractivity contribution is 5.28. The number of rotatable bonds is 6. The molecule has 0 unspecified atom stereocenters. The van der Waals surface area contributed by atoms with Crippen molar-refractivity contribution in [3.05, 3.63) is 23.0 Å². The molecule has 1 heterocycles. The lowest BCUT2D eigenvalue weighted by molar-refractivity contribution is 0.666. The molecule has 0 aliphatic heterocycles. The molecule has 0 spiro atoms. The highest BCUT2D eigenvalue weighted by Crippen LogP contribution is 2.38. The van der Waals surface area contributed by atoms with Gasteiger partial charge >= 0.3 is 0 Å². The molecule has 0 atom stereocenters. The number of hydrogen-bond donors (Lipinski definition) is 1. The van der Waals surface area contributed by atoms with E-state index in [-0.39, 0.29) is 0 Å². The SMILES string of the molecule is CNCCCCc1cc(C)n(C2CC2)c1C. The van der Waals surface area contributed by atoms with Gasteiger partial charge in [-0.1, -0.05) is 0 Å². The first kappa shape index (κ1) is 11.7. The molecular weight excluding hydrogens is 196 g/mol. The highest BCUT2D eigenvalue weighted by atomic mass is 15.1. The second-order valence-electron chi connectivity index (χ2n) is 5.06. The zero-order valence-electron chi connectivity index (χ0n) is 10.8. The van der Waals surface area contributed by atoms with E-state index >= 15 is 0 Å². The Morgan fingerprint density at radius 1 is 1.31 bits per heavy atom. The van der Waals surface area contributed by atoms with Gasteiger partial charge in [0.25, 0.3) is 0 Å². The zero-order chi connectivity index (χ0) is 11.5. The summed E-state index contributed by atoms with van der Waals surface area (Å²) in [4.78, 5) is 0. The monoisotopic (exact) mass is 220 g/mol. The van der Waals surface area contributed by atoms with E-state index in [1.54, 1.807) is 5.56 Å². The molecule has 1 aromatic rings. The Kier molecular flexibility index (Phi) is 3.70. The molecule has 0 aromatic carbocycles. The van der Waals surface area contributed by atoms with Crippen molar-refractivity contribution in [2.24, 2.45) is 0 Å². The number of aromatic nitrogens is 1. The average Bonchev–Trinajstić information content (AvgIpc) is 3.03. The fourth-order valence-electron chi connectivity index (χ4n) is 2.61. The lowest BCUT2D eigenvalue weighted by Gasteiger charge is -2.07. The summed E-state index contributed by atoms with van der Waals surface area (Å²) in [5.74, 6) is 0. The van der Waals surface area contributed by atoms with E-state index in [2.05, 4.69) is 29.8 Å². The molecule has 2 heteroatoms. The van der Waals surface area contributed by atoms with Crippen LogP contribution in [0.4, 0.5) is 0 Å². The quantitative estimate of drug-likeness (QED) is 0.729. The van der Waals surface area contributed by atoms with Crippen LogP contribution in [0, 0.1) is 13.8 Å². The minimum atomic E-state index is 0.825. The van der Waals surface area contributed by atoms with Gasteiger partial charge in [-0.25, -0.2) is 0 Å². The number of unbranched alkanes of at least 4 members (excludes halogenated alkanes) is 1. The topological polar surface area (TPSA) is 17.0 Å². The van der Waals surface area contributed by atoms with E-state index in [0.29, 0.717) is 0 Å². The third-order valence-corrected chi connectivity index (χ3v) is 3.62. The van der Waals surface area contributed by atoms with Gasteiger partial charge in [0.1, 0.15) is 0 Å². The molecule has 16 heavy (non-hydrogen) atoms. The van der Waals surface area contributed by atoms with Crippen molar-refractivity contribution in [2.45, 2.75) is 52.0 Å². The van der Waals surface area contributed by atoms with Crippen molar-refractivity contribution in [1.29, 1.82) is 0 Å². The smallest absolute Gasteiger partial charge is 0.0337 e. The third kappa shape index (κ3) is 2.49. The Morgan fingerprint density at radius 2 is 2.06 bits per heavy atom. The van der Waals surface area contributed by atoms with Crippen molar-refractivity contribution in [1.82, 2.24) is 9.88 Å². The van der Waals surface area contributed by atoms with Gasteiger partial charge in [-0.2, -0.15) is 0 Å². The largest absolute Gasteiger partial charge is 0.346 e. The molecule has 1 aliphatic rings. The van der Waals surface area contributed by atoms with Gasteiger partial charge in [-0.05, 0) is 71.2 Å². The molecule has 1 saturated carbocycles. The maximum absolute atomic E-state index is 3.21. The van der Waals surface area contributed by atoms with Gasteiger partial charge in [-0.15, -0.1) is 0 Å².